The molecule has 0 aliphatic carbocycles. The molecule has 0 saturated carbocycles. The van der Waals surface area contributed by atoms with Crippen LogP contribution in [0.5, 0.6) is 0 Å². The second-order valence-electron chi connectivity index (χ2n) is 4.47. The van der Waals surface area contributed by atoms with E-state index in [0.29, 0.717) is 16.8 Å². The fraction of sp³-hybridized carbons (Fsp3) is 0.308. The molecule has 0 fully saturated rings. The van der Waals surface area contributed by atoms with Crippen molar-refractivity contribution in [3.63, 3.8) is 0 Å². The Morgan fingerprint density at radius 2 is 2.00 bits per heavy atom. The Hall–Kier alpha value is -1.82. The van der Waals surface area contributed by atoms with Crippen molar-refractivity contribution in [2.75, 3.05) is 0 Å². The van der Waals surface area contributed by atoms with Crippen LogP contribution in [0.15, 0.2) is 30.5 Å². The maximum atomic E-state index is 12.7. The van der Waals surface area contributed by atoms with E-state index in [2.05, 4.69) is 5.10 Å². The number of nitrogens with zero attached hydrogens (tertiary/aromatic N) is 2. The molecule has 6 heteroatoms. The van der Waals surface area contributed by atoms with E-state index in [1.165, 1.54) is 6.07 Å². The first kappa shape index (κ1) is 13.6. The molecule has 0 saturated heterocycles. The van der Waals surface area contributed by atoms with Gasteiger partial charge in [-0.2, -0.15) is 18.3 Å². The van der Waals surface area contributed by atoms with Crippen LogP contribution in [0.4, 0.5) is 13.2 Å². The van der Waals surface area contributed by atoms with Crippen molar-refractivity contribution in [2.45, 2.75) is 19.1 Å². The lowest BCUT2D eigenvalue weighted by Gasteiger charge is -2.09. The number of halogens is 3. The van der Waals surface area contributed by atoms with Crippen LogP contribution in [0.2, 0.25) is 0 Å². The van der Waals surface area contributed by atoms with E-state index in [4.69, 9.17) is 5.73 Å². The van der Waals surface area contributed by atoms with Gasteiger partial charge < -0.3 is 5.73 Å². The van der Waals surface area contributed by atoms with E-state index in [1.54, 1.807) is 30.9 Å². The lowest BCUT2D eigenvalue weighted by Crippen LogP contribution is -2.08. The lowest BCUT2D eigenvalue weighted by atomic mass is 10.0. The predicted octanol–water partition coefficient (Wildman–Crippen LogP) is 3.13. The average Bonchev–Trinajstić information content (AvgIpc) is 2.71. The summed E-state index contributed by atoms with van der Waals surface area (Å²) < 4.78 is 39.7. The SMILES string of the molecule is CC(N)c1nn(C)cc1-c1cccc(C(F)(F)F)c1. The van der Waals surface area contributed by atoms with Gasteiger partial charge in [0.15, 0.2) is 0 Å². The third kappa shape index (κ3) is 2.78. The van der Waals surface area contributed by atoms with Gasteiger partial charge in [0.2, 0.25) is 0 Å². The summed E-state index contributed by atoms with van der Waals surface area (Å²) in [5, 5.41) is 4.19. The Balaban J connectivity index is 2.54. The molecule has 2 rings (SSSR count). The molecular weight excluding hydrogens is 255 g/mol. The van der Waals surface area contributed by atoms with E-state index in [9.17, 15) is 13.2 Å². The van der Waals surface area contributed by atoms with Crippen molar-refractivity contribution in [3.8, 4) is 11.1 Å². The predicted molar refractivity (Wildman–Crippen MR) is 66.2 cm³/mol. The highest BCUT2D eigenvalue weighted by Gasteiger charge is 2.30. The summed E-state index contributed by atoms with van der Waals surface area (Å²) in [6, 6.07) is 4.83. The maximum absolute atomic E-state index is 12.7. The summed E-state index contributed by atoms with van der Waals surface area (Å²) in [5.74, 6) is 0. The molecule has 1 aromatic carbocycles. The largest absolute Gasteiger partial charge is 0.416 e. The van der Waals surface area contributed by atoms with Gasteiger partial charge in [-0.25, -0.2) is 0 Å². The monoisotopic (exact) mass is 269 g/mol. The zero-order valence-electron chi connectivity index (χ0n) is 10.6. The van der Waals surface area contributed by atoms with Gasteiger partial charge >= 0.3 is 6.18 Å². The first-order chi connectivity index (χ1) is 8.79. The Kier molecular flexibility index (Phi) is 3.36. The molecule has 1 heterocycles. The minimum Gasteiger partial charge on any atom is -0.323 e. The van der Waals surface area contributed by atoms with Gasteiger partial charge in [-0.1, -0.05) is 12.1 Å². The molecule has 0 aliphatic rings. The van der Waals surface area contributed by atoms with E-state index in [1.807, 2.05) is 0 Å². The third-order valence-electron chi connectivity index (χ3n) is 2.79. The highest BCUT2D eigenvalue weighted by Crippen LogP contribution is 2.33. The molecule has 2 aromatic rings. The van der Waals surface area contributed by atoms with Crippen LogP contribution in [0.3, 0.4) is 0 Å². The van der Waals surface area contributed by atoms with Crippen LogP contribution in [0.25, 0.3) is 11.1 Å². The number of benzene rings is 1. The molecule has 19 heavy (non-hydrogen) atoms. The molecule has 1 unspecified atom stereocenters. The number of aryl methyl sites for hydroxylation is 1. The third-order valence-corrected chi connectivity index (χ3v) is 2.79. The van der Waals surface area contributed by atoms with Crippen LogP contribution in [-0.2, 0) is 13.2 Å². The molecule has 1 atom stereocenters. The van der Waals surface area contributed by atoms with E-state index in [0.717, 1.165) is 12.1 Å². The molecule has 0 aliphatic heterocycles. The fourth-order valence-electron chi connectivity index (χ4n) is 1.93. The second-order valence-corrected chi connectivity index (χ2v) is 4.47. The van der Waals surface area contributed by atoms with Gasteiger partial charge in [-0.15, -0.1) is 0 Å². The molecule has 3 nitrogen and oxygen atoms in total. The Morgan fingerprint density at radius 1 is 1.32 bits per heavy atom. The first-order valence-corrected chi connectivity index (χ1v) is 5.76. The van der Waals surface area contributed by atoms with Gasteiger partial charge in [-0.05, 0) is 24.6 Å². The highest BCUT2D eigenvalue weighted by molar-refractivity contribution is 5.66. The molecule has 1 aromatic heterocycles. The molecule has 0 bridgehead atoms. The van der Waals surface area contributed by atoms with Crippen molar-refractivity contribution in [1.29, 1.82) is 0 Å². The number of hydrogen-bond acceptors (Lipinski definition) is 2. The molecule has 0 amide bonds. The standard InChI is InChI=1S/C13H14F3N3/c1-8(17)12-11(7-19(2)18-12)9-4-3-5-10(6-9)13(14,15)16/h3-8H,17H2,1-2H3. The molecule has 2 N–H and O–H groups in total. The normalized spacial score (nSPS) is 13.6. The van der Waals surface area contributed by atoms with Gasteiger partial charge in [0, 0.05) is 24.8 Å². The second kappa shape index (κ2) is 4.70. The van der Waals surface area contributed by atoms with Crippen molar-refractivity contribution in [1.82, 2.24) is 9.78 Å². The molecule has 0 spiro atoms. The van der Waals surface area contributed by atoms with Gasteiger partial charge in [0.25, 0.3) is 0 Å². The van der Waals surface area contributed by atoms with Crippen LogP contribution in [0.1, 0.15) is 24.2 Å². The van der Waals surface area contributed by atoms with Crippen LogP contribution in [0, 0.1) is 0 Å². The topological polar surface area (TPSA) is 43.8 Å². The lowest BCUT2D eigenvalue weighted by molar-refractivity contribution is -0.137. The number of rotatable bonds is 2. The molecule has 102 valence electrons. The summed E-state index contributed by atoms with van der Waals surface area (Å²) in [6.07, 6.45) is -2.68. The summed E-state index contributed by atoms with van der Waals surface area (Å²) in [4.78, 5) is 0. The van der Waals surface area contributed by atoms with Crippen LogP contribution in [-0.4, -0.2) is 9.78 Å². The number of hydrogen-bond donors (Lipinski definition) is 1. The van der Waals surface area contributed by atoms with Gasteiger partial charge in [-0.3, -0.25) is 4.68 Å². The van der Waals surface area contributed by atoms with Gasteiger partial charge in [0.1, 0.15) is 0 Å². The fourth-order valence-corrected chi connectivity index (χ4v) is 1.93. The van der Waals surface area contributed by atoms with Crippen LogP contribution < -0.4 is 5.73 Å². The summed E-state index contributed by atoms with van der Waals surface area (Å²) in [7, 11) is 1.71. The number of alkyl halides is 3. The smallest absolute Gasteiger partial charge is 0.323 e. The van der Waals surface area contributed by atoms with Crippen LogP contribution >= 0.6 is 0 Å². The average molecular weight is 269 g/mol. The number of aromatic nitrogens is 2. The zero-order valence-corrected chi connectivity index (χ0v) is 10.6. The summed E-state index contributed by atoms with van der Waals surface area (Å²) >= 11 is 0. The molecule has 0 radical (unpaired) electrons. The van der Waals surface area contributed by atoms with E-state index < -0.39 is 11.7 Å². The zero-order chi connectivity index (χ0) is 14.2. The highest BCUT2D eigenvalue weighted by atomic mass is 19.4. The minimum absolute atomic E-state index is 0.342. The summed E-state index contributed by atoms with van der Waals surface area (Å²) in [5.41, 5.74) is 6.80. The van der Waals surface area contributed by atoms with Crippen molar-refractivity contribution < 1.29 is 13.2 Å². The minimum atomic E-state index is -4.35. The Morgan fingerprint density at radius 3 is 2.58 bits per heavy atom. The number of nitrogens with two attached hydrogens (primary N) is 1. The van der Waals surface area contributed by atoms with E-state index in [-0.39, 0.29) is 6.04 Å². The molecular formula is C13H14F3N3. The van der Waals surface area contributed by atoms with Crippen molar-refractivity contribution in [2.24, 2.45) is 12.8 Å². The Bertz CT molecular complexity index is 585. The van der Waals surface area contributed by atoms with E-state index >= 15 is 0 Å². The maximum Gasteiger partial charge on any atom is 0.416 e. The summed E-state index contributed by atoms with van der Waals surface area (Å²) in [6.45, 7) is 1.75. The van der Waals surface area contributed by atoms with Gasteiger partial charge in [0.05, 0.1) is 11.3 Å². The van der Waals surface area contributed by atoms with Crippen molar-refractivity contribution >= 4 is 0 Å². The quantitative estimate of drug-likeness (QED) is 0.910. The first-order valence-electron chi connectivity index (χ1n) is 5.76. The van der Waals surface area contributed by atoms with Crippen molar-refractivity contribution in [3.05, 3.63) is 41.7 Å². The Labute approximate surface area is 108 Å².